The van der Waals surface area contributed by atoms with E-state index in [0.29, 0.717) is 6.54 Å². The van der Waals surface area contributed by atoms with E-state index in [1.165, 1.54) is 5.56 Å². The van der Waals surface area contributed by atoms with E-state index in [1.807, 2.05) is 30.9 Å². The molecule has 0 amide bonds. The zero-order chi connectivity index (χ0) is 15.2. The van der Waals surface area contributed by atoms with Crippen LogP contribution in [0.25, 0.3) is 0 Å². The number of hydrogen-bond donors (Lipinski definition) is 1. The Morgan fingerprint density at radius 3 is 2.81 bits per heavy atom. The van der Waals surface area contributed by atoms with Crippen molar-refractivity contribution in [2.45, 2.75) is 40.3 Å². The minimum absolute atomic E-state index is 0.663. The van der Waals surface area contributed by atoms with Crippen molar-refractivity contribution < 1.29 is 4.74 Å². The first-order valence-electron chi connectivity index (χ1n) is 7.36. The van der Waals surface area contributed by atoms with Crippen molar-refractivity contribution in [3.05, 3.63) is 41.0 Å². The van der Waals surface area contributed by atoms with Gasteiger partial charge in [0.2, 0.25) is 0 Å². The van der Waals surface area contributed by atoms with Crippen LogP contribution in [-0.4, -0.2) is 28.4 Å². The first-order chi connectivity index (χ1) is 10.2. The molecule has 0 aliphatic carbocycles. The number of aromatic nitrogens is 3. The largest absolute Gasteiger partial charge is 0.496 e. The maximum absolute atomic E-state index is 5.45. The zero-order valence-electron chi connectivity index (χ0n) is 13.3. The molecule has 0 saturated heterocycles. The van der Waals surface area contributed by atoms with Crippen molar-refractivity contribution in [3.63, 3.8) is 0 Å². The second-order valence-electron chi connectivity index (χ2n) is 5.27. The minimum Gasteiger partial charge on any atom is -0.496 e. The smallest absolute Gasteiger partial charge is 0.128 e. The molecule has 0 aliphatic rings. The Labute approximate surface area is 126 Å². The standard InChI is InChI=1S/C16H24N4O/c1-5-6-17-8-14-9-19-20(10-14)11-15-13(3)16(21-4)12(2)7-18-15/h7,9-10,17H,5-6,8,11H2,1-4H3. The zero-order valence-corrected chi connectivity index (χ0v) is 13.3. The summed E-state index contributed by atoms with van der Waals surface area (Å²) in [5.41, 5.74) is 4.33. The van der Waals surface area contributed by atoms with Gasteiger partial charge in [-0.3, -0.25) is 9.67 Å². The Bertz CT molecular complexity index is 592. The van der Waals surface area contributed by atoms with E-state index in [2.05, 4.69) is 28.5 Å². The SMILES string of the molecule is CCCNCc1cnn(Cc2ncc(C)c(OC)c2C)c1. The van der Waals surface area contributed by atoms with Gasteiger partial charge in [-0.2, -0.15) is 5.10 Å². The highest BCUT2D eigenvalue weighted by Gasteiger charge is 2.10. The van der Waals surface area contributed by atoms with Crippen molar-refractivity contribution in [3.8, 4) is 5.75 Å². The van der Waals surface area contributed by atoms with Gasteiger partial charge in [0.05, 0.1) is 25.5 Å². The Morgan fingerprint density at radius 1 is 1.29 bits per heavy atom. The van der Waals surface area contributed by atoms with Crippen molar-refractivity contribution in [2.75, 3.05) is 13.7 Å². The van der Waals surface area contributed by atoms with Crippen molar-refractivity contribution in [1.29, 1.82) is 0 Å². The number of pyridine rings is 1. The van der Waals surface area contributed by atoms with E-state index in [-0.39, 0.29) is 0 Å². The summed E-state index contributed by atoms with van der Waals surface area (Å²) < 4.78 is 7.37. The van der Waals surface area contributed by atoms with Crippen LogP contribution < -0.4 is 10.1 Å². The summed E-state index contributed by atoms with van der Waals surface area (Å²) in [5.74, 6) is 0.914. The van der Waals surface area contributed by atoms with Crippen LogP contribution in [0.5, 0.6) is 5.75 Å². The van der Waals surface area contributed by atoms with E-state index in [0.717, 1.165) is 42.1 Å². The lowest BCUT2D eigenvalue weighted by Crippen LogP contribution is -2.13. The summed E-state index contributed by atoms with van der Waals surface area (Å²) in [5, 5.41) is 7.78. The van der Waals surface area contributed by atoms with Gasteiger partial charge >= 0.3 is 0 Å². The van der Waals surface area contributed by atoms with Crippen LogP contribution >= 0.6 is 0 Å². The van der Waals surface area contributed by atoms with Crippen molar-refractivity contribution in [1.82, 2.24) is 20.1 Å². The Balaban J connectivity index is 2.08. The van der Waals surface area contributed by atoms with Crippen LogP contribution in [0.1, 0.15) is 35.7 Å². The van der Waals surface area contributed by atoms with E-state index in [1.54, 1.807) is 7.11 Å². The second-order valence-corrected chi connectivity index (χ2v) is 5.27. The van der Waals surface area contributed by atoms with Crippen LogP contribution in [0.15, 0.2) is 18.6 Å². The van der Waals surface area contributed by atoms with Gasteiger partial charge in [-0.25, -0.2) is 0 Å². The number of nitrogens with zero attached hydrogens (tertiary/aromatic N) is 3. The van der Waals surface area contributed by atoms with Gasteiger partial charge in [-0.1, -0.05) is 6.92 Å². The van der Waals surface area contributed by atoms with Gasteiger partial charge < -0.3 is 10.1 Å². The molecule has 2 heterocycles. The molecule has 114 valence electrons. The summed E-state index contributed by atoms with van der Waals surface area (Å²) >= 11 is 0. The summed E-state index contributed by atoms with van der Waals surface area (Å²) in [4.78, 5) is 4.51. The first kappa shape index (κ1) is 15.5. The molecular formula is C16H24N4O. The molecule has 0 unspecified atom stereocenters. The summed E-state index contributed by atoms with van der Waals surface area (Å²) in [7, 11) is 1.70. The van der Waals surface area contributed by atoms with E-state index >= 15 is 0 Å². The lowest BCUT2D eigenvalue weighted by molar-refractivity contribution is 0.406. The van der Waals surface area contributed by atoms with E-state index in [4.69, 9.17) is 4.74 Å². The molecule has 5 nitrogen and oxygen atoms in total. The Morgan fingerprint density at radius 2 is 2.10 bits per heavy atom. The molecule has 0 fully saturated rings. The predicted molar refractivity (Wildman–Crippen MR) is 83.6 cm³/mol. The van der Waals surface area contributed by atoms with Crippen molar-refractivity contribution in [2.24, 2.45) is 0 Å². The number of ether oxygens (including phenoxy) is 1. The summed E-state index contributed by atoms with van der Waals surface area (Å²) in [6.45, 7) is 8.76. The monoisotopic (exact) mass is 288 g/mol. The molecular weight excluding hydrogens is 264 g/mol. The molecule has 21 heavy (non-hydrogen) atoms. The maximum Gasteiger partial charge on any atom is 0.128 e. The third kappa shape index (κ3) is 3.82. The highest BCUT2D eigenvalue weighted by Crippen LogP contribution is 2.24. The number of hydrogen-bond acceptors (Lipinski definition) is 4. The molecule has 5 heteroatoms. The first-order valence-corrected chi connectivity index (χ1v) is 7.36. The molecule has 2 aromatic heterocycles. The fourth-order valence-corrected chi connectivity index (χ4v) is 2.38. The van der Waals surface area contributed by atoms with Gasteiger partial charge in [-0.05, 0) is 26.8 Å². The van der Waals surface area contributed by atoms with Gasteiger partial charge in [0.1, 0.15) is 5.75 Å². The highest BCUT2D eigenvalue weighted by molar-refractivity contribution is 5.41. The molecule has 0 spiro atoms. The van der Waals surface area contributed by atoms with Crippen LogP contribution in [0.3, 0.4) is 0 Å². The number of rotatable bonds is 7. The third-order valence-corrected chi connectivity index (χ3v) is 3.50. The maximum atomic E-state index is 5.45. The summed E-state index contributed by atoms with van der Waals surface area (Å²) in [6, 6.07) is 0. The predicted octanol–water partition coefficient (Wildman–Crippen LogP) is 2.45. The van der Waals surface area contributed by atoms with Gasteiger partial charge in [0.25, 0.3) is 0 Å². The topological polar surface area (TPSA) is 52.0 Å². The van der Waals surface area contributed by atoms with Gasteiger partial charge in [0, 0.05) is 35.6 Å². The molecule has 2 rings (SSSR count). The molecule has 0 saturated carbocycles. The normalized spacial score (nSPS) is 10.9. The average molecular weight is 288 g/mol. The molecule has 2 aromatic rings. The van der Waals surface area contributed by atoms with Crippen LogP contribution in [0.4, 0.5) is 0 Å². The molecule has 0 atom stereocenters. The number of aryl methyl sites for hydroxylation is 1. The number of methoxy groups -OCH3 is 1. The molecule has 0 bridgehead atoms. The fraction of sp³-hybridized carbons (Fsp3) is 0.500. The van der Waals surface area contributed by atoms with Crippen LogP contribution in [-0.2, 0) is 13.1 Å². The molecule has 0 aromatic carbocycles. The molecule has 1 N–H and O–H groups in total. The van der Waals surface area contributed by atoms with Gasteiger partial charge in [-0.15, -0.1) is 0 Å². The Kier molecular flexibility index (Phi) is 5.33. The lowest BCUT2D eigenvalue weighted by atomic mass is 10.1. The van der Waals surface area contributed by atoms with E-state index < -0.39 is 0 Å². The minimum atomic E-state index is 0.663. The molecule has 0 aliphatic heterocycles. The van der Waals surface area contributed by atoms with E-state index in [9.17, 15) is 0 Å². The van der Waals surface area contributed by atoms with Crippen LogP contribution in [0.2, 0.25) is 0 Å². The van der Waals surface area contributed by atoms with Crippen molar-refractivity contribution >= 4 is 0 Å². The Hall–Kier alpha value is -1.88. The summed E-state index contributed by atoms with van der Waals surface area (Å²) in [6.07, 6.45) is 6.97. The highest BCUT2D eigenvalue weighted by atomic mass is 16.5. The average Bonchev–Trinajstić information content (AvgIpc) is 2.91. The van der Waals surface area contributed by atoms with Crippen LogP contribution in [0, 0.1) is 13.8 Å². The quantitative estimate of drug-likeness (QED) is 0.795. The third-order valence-electron chi connectivity index (χ3n) is 3.50. The fourth-order valence-electron chi connectivity index (χ4n) is 2.38. The van der Waals surface area contributed by atoms with Gasteiger partial charge in [0.15, 0.2) is 0 Å². The molecule has 0 radical (unpaired) electrons. The number of nitrogens with one attached hydrogen (secondary N) is 1. The second kappa shape index (κ2) is 7.22. The lowest BCUT2D eigenvalue weighted by Gasteiger charge is -2.12.